The number of fused-ring (bicyclic) bond motifs is 1. The molecule has 0 aliphatic carbocycles. The Kier molecular flexibility index (Phi) is 3.99. The van der Waals surface area contributed by atoms with Gasteiger partial charge in [-0.1, -0.05) is 52.6 Å². The number of allylic oxidation sites excluding steroid dienone is 1. The molecule has 5 heteroatoms. The van der Waals surface area contributed by atoms with Crippen LogP contribution >= 0.6 is 11.8 Å². The summed E-state index contributed by atoms with van der Waals surface area (Å²) in [5, 5.41) is 0.358. The number of hydrogen-bond acceptors (Lipinski definition) is 3. The van der Waals surface area contributed by atoms with Crippen LogP contribution < -0.4 is 0 Å². The van der Waals surface area contributed by atoms with Crippen molar-refractivity contribution in [3.05, 3.63) is 11.3 Å². The Balaban J connectivity index is 2.29. The predicted molar refractivity (Wildman–Crippen MR) is 91.7 cm³/mol. The summed E-state index contributed by atoms with van der Waals surface area (Å²) in [7, 11) is -1.60. The number of carbonyl (C=O) groups excluding carboxylic acids is 2. The van der Waals surface area contributed by atoms with Crippen molar-refractivity contribution in [1.29, 1.82) is 0 Å². The number of thioether (sulfide) groups is 1. The first-order valence-electron chi connectivity index (χ1n) is 7.62. The first-order chi connectivity index (χ1) is 9.41. The number of rotatable bonds is 2. The quantitative estimate of drug-likeness (QED) is 0.433. The van der Waals surface area contributed by atoms with Crippen molar-refractivity contribution < 1.29 is 9.59 Å². The minimum Gasteiger partial charge on any atom is -0.294 e. The maximum atomic E-state index is 12.7. The summed E-state index contributed by atoms with van der Waals surface area (Å²) in [5.41, 5.74) is 1.96. The van der Waals surface area contributed by atoms with E-state index in [9.17, 15) is 9.59 Å². The highest BCUT2D eigenvalue weighted by Crippen LogP contribution is 2.56. The molecule has 0 bridgehead atoms. The first-order valence-corrected chi connectivity index (χ1v) is 11.6. The molecule has 21 heavy (non-hydrogen) atoms. The van der Waals surface area contributed by atoms with Gasteiger partial charge in [0.25, 0.3) is 0 Å². The van der Waals surface area contributed by atoms with Crippen LogP contribution in [-0.2, 0) is 9.59 Å². The molecule has 0 radical (unpaired) electrons. The summed E-state index contributed by atoms with van der Waals surface area (Å²) in [6, 6.07) is 0. The fraction of sp³-hybridized carbons (Fsp3) is 0.750. The third-order valence-corrected chi connectivity index (χ3v) is 13.5. The number of amides is 1. The molecule has 1 unspecified atom stereocenters. The summed E-state index contributed by atoms with van der Waals surface area (Å²) in [6.07, 6.45) is 0. The minimum absolute atomic E-state index is 0.0108. The normalized spacial score (nSPS) is 27.6. The lowest BCUT2D eigenvalue weighted by molar-refractivity contribution is -0.147. The second kappa shape index (κ2) is 4.98. The Hall–Kier alpha value is -0.553. The first kappa shape index (κ1) is 16.8. The van der Waals surface area contributed by atoms with Gasteiger partial charge in [0.05, 0.1) is 19.7 Å². The second-order valence-electron chi connectivity index (χ2n) is 8.14. The van der Waals surface area contributed by atoms with Crippen LogP contribution in [0.4, 0.5) is 0 Å². The van der Waals surface area contributed by atoms with Crippen molar-refractivity contribution in [3.8, 4) is 0 Å². The van der Waals surface area contributed by atoms with Crippen molar-refractivity contribution >= 4 is 30.9 Å². The molecule has 3 nitrogen and oxygen atoms in total. The fourth-order valence-corrected chi connectivity index (χ4v) is 7.33. The molecule has 0 aromatic carbocycles. The second-order valence-corrected chi connectivity index (χ2v) is 15.1. The molecule has 2 heterocycles. The van der Waals surface area contributed by atoms with Crippen LogP contribution in [-0.4, -0.2) is 29.4 Å². The molecule has 118 valence electrons. The Bertz CT molecular complexity index is 529. The van der Waals surface area contributed by atoms with Gasteiger partial charge in [0.15, 0.2) is 0 Å². The molecule has 2 aliphatic heterocycles. The van der Waals surface area contributed by atoms with Gasteiger partial charge < -0.3 is 0 Å². The van der Waals surface area contributed by atoms with E-state index in [0.29, 0.717) is 11.2 Å². The molecule has 2 rings (SSSR count). The molecule has 2 saturated heterocycles. The van der Waals surface area contributed by atoms with E-state index in [-0.39, 0.29) is 27.4 Å². The molecule has 0 aromatic heterocycles. The highest BCUT2D eigenvalue weighted by Gasteiger charge is 2.61. The maximum absolute atomic E-state index is 12.7. The average molecular weight is 326 g/mol. The molecule has 2 fully saturated rings. The molecular formula is C16H27NO2SSi. The third kappa shape index (κ3) is 2.33. The molecule has 1 amide bonds. The van der Waals surface area contributed by atoms with E-state index >= 15 is 0 Å². The lowest BCUT2D eigenvalue weighted by Gasteiger charge is -2.51. The van der Waals surface area contributed by atoms with Crippen LogP contribution in [0.1, 0.15) is 41.5 Å². The standard InChI is InChI=1S/C16H27NO2SSi/c1-9(2)12-15(19)20-14-11(13(18)17(12)14)10(3)21(7,8)16(4,5)6/h10-11,14H,1-8H3/t10?,11-,14-/m1/s1. The van der Waals surface area contributed by atoms with Crippen molar-refractivity contribution in [1.82, 2.24) is 4.90 Å². The van der Waals surface area contributed by atoms with Gasteiger partial charge in [-0.25, -0.2) is 0 Å². The summed E-state index contributed by atoms with van der Waals surface area (Å²) < 4.78 is 0. The van der Waals surface area contributed by atoms with Gasteiger partial charge in [-0.2, -0.15) is 0 Å². The SMILES string of the molecule is CC(C)=C1C(=O)S[C@@H]2[C@H](C(C)[Si](C)(C)C(C)(C)C)C(=O)N12. The summed E-state index contributed by atoms with van der Waals surface area (Å²) in [6.45, 7) is 17.6. The molecule has 0 aromatic rings. The Morgan fingerprint density at radius 3 is 2.19 bits per heavy atom. The van der Waals surface area contributed by atoms with Crippen LogP contribution in [0.15, 0.2) is 11.3 Å². The number of carbonyl (C=O) groups is 2. The van der Waals surface area contributed by atoms with E-state index < -0.39 is 8.07 Å². The van der Waals surface area contributed by atoms with Gasteiger partial charge in [-0.05, 0) is 30.0 Å². The zero-order valence-electron chi connectivity index (χ0n) is 14.4. The van der Waals surface area contributed by atoms with Crippen LogP contribution in [0.25, 0.3) is 0 Å². The van der Waals surface area contributed by atoms with E-state index in [1.54, 1.807) is 4.90 Å². The lowest BCUT2D eigenvalue weighted by Crippen LogP contribution is -2.61. The van der Waals surface area contributed by atoms with Crippen LogP contribution in [0, 0.1) is 5.92 Å². The summed E-state index contributed by atoms with van der Waals surface area (Å²) in [4.78, 5) is 26.6. The molecule has 0 saturated carbocycles. The third-order valence-electron chi connectivity index (χ3n) is 5.83. The molecule has 3 atom stereocenters. The van der Waals surface area contributed by atoms with Crippen molar-refractivity contribution in [2.45, 2.75) is 70.6 Å². The fourth-order valence-electron chi connectivity index (χ4n) is 3.15. The maximum Gasteiger partial charge on any atom is 0.237 e. The Morgan fingerprint density at radius 2 is 1.76 bits per heavy atom. The zero-order chi connectivity index (χ0) is 16.3. The summed E-state index contributed by atoms with van der Waals surface area (Å²) >= 11 is 1.35. The average Bonchev–Trinajstić information content (AvgIpc) is 2.61. The smallest absolute Gasteiger partial charge is 0.237 e. The van der Waals surface area contributed by atoms with Gasteiger partial charge in [-0.3, -0.25) is 14.5 Å². The van der Waals surface area contributed by atoms with Crippen molar-refractivity contribution in [2.24, 2.45) is 5.92 Å². The Morgan fingerprint density at radius 1 is 1.24 bits per heavy atom. The number of hydrogen-bond donors (Lipinski definition) is 0. The van der Waals surface area contributed by atoms with Gasteiger partial charge in [0.1, 0.15) is 5.37 Å². The monoisotopic (exact) mass is 325 g/mol. The van der Waals surface area contributed by atoms with E-state index in [0.717, 1.165) is 5.57 Å². The Labute approximate surface area is 133 Å². The highest BCUT2D eigenvalue weighted by atomic mass is 32.2. The van der Waals surface area contributed by atoms with Crippen LogP contribution in [0.3, 0.4) is 0 Å². The highest BCUT2D eigenvalue weighted by molar-refractivity contribution is 8.15. The molecular weight excluding hydrogens is 298 g/mol. The number of nitrogens with zero attached hydrogens (tertiary/aromatic N) is 1. The van der Waals surface area contributed by atoms with Crippen molar-refractivity contribution in [2.75, 3.05) is 0 Å². The molecule has 0 N–H and O–H groups in total. The van der Waals surface area contributed by atoms with Gasteiger partial charge >= 0.3 is 0 Å². The molecule has 0 spiro atoms. The lowest BCUT2D eigenvalue weighted by atomic mass is 9.93. The predicted octanol–water partition coefficient (Wildman–Crippen LogP) is 4.24. The van der Waals surface area contributed by atoms with Gasteiger partial charge in [0, 0.05) is 0 Å². The van der Waals surface area contributed by atoms with E-state index in [1.807, 2.05) is 13.8 Å². The van der Waals surface area contributed by atoms with E-state index in [4.69, 9.17) is 0 Å². The van der Waals surface area contributed by atoms with E-state index in [1.165, 1.54) is 11.8 Å². The van der Waals surface area contributed by atoms with Gasteiger partial charge in [-0.15, -0.1) is 0 Å². The minimum atomic E-state index is -1.60. The number of β-lactam (4-membered cyclic amide) rings is 1. The molecule has 2 aliphatic rings. The topological polar surface area (TPSA) is 37.4 Å². The van der Waals surface area contributed by atoms with E-state index in [2.05, 4.69) is 40.8 Å². The van der Waals surface area contributed by atoms with Crippen LogP contribution in [0.5, 0.6) is 0 Å². The summed E-state index contributed by atoms with van der Waals surface area (Å²) in [5.74, 6) is 0.170. The van der Waals surface area contributed by atoms with Gasteiger partial charge in [0.2, 0.25) is 11.0 Å². The van der Waals surface area contributed by atoms with Crippen molar-refractivity contribution in [3.63, 3.8) is 0 Å². The largest absolute Gasteiger partial charge is 0.294 e. The zero-order valence-corrected chi connectivity index (χ0v) is 16.2. The van der Waals surface area contributed by atoms with Crippen LogP contribution in [0.2, 0.25) is 23.7 Å².